The Morgan fingerprint density at radius 1 is 1.45 bits per heavy atom. The summed E-state index contributed by atoms with van der Waals surface area (Å²) in [6.45, 7) is 5.87. The van der Waals surface area contributed by atoms with Gasteiger partial charge in [-0.15, -0.1) is 0 Å². The number of aromatic nitrogens is 1. The average Bonchev–Trinajstić information content (AvgIpc) is 2.43. The average molecular weight is 310 g/mol. The third-order valence-electron chi connectivity index (χ3n) is 3.27. The van der Waals surface area contributed by atoms with Crippen molar-refractivity contribution in [2.45, 2.75) is 26.4 Å². The number of thiol groups is 1. The number of nitrogens with one attached hydrogen (secondary N) is 1. The van der Waals surface area contributed by atoms with Crippen molar-refractivity contribution in [3.8, 4) is 0 Å². The van der Waals surface area contributed by atoms with E-state index < -0.39 is 8.07 Å². The molecule has 0 radical (unpaired) electrons. The van der Waals surface area contributed by atoms with E-state index in [1.165, 1.54) is 12.1 Å². The molecule has 0 saturated heterocycles. The van der Waals surface area contributed by atoms with E-state index in [4.69, 9.17) is 0 Å². The molecule has 1 aromatic heterocycles. The van der Waals surface area contributed by atoms with Crippen molar-refractivity contribution < 1.29 is 9.59 Å². The van der Waals surface area contributed by atoms with Gasteiger partial charge in [-0.3, -0.25) is 9.78 Å². The van der Waals surface area contributed by atoms with Gasteiger partial charge >= 0.3 is 0 Å². The van der Waals surface area contributed by atoms with Gasteiger partial charge in [-0.2, -0.15) is 12.6 Å². The minimum absolute atomic E-state index is 0.0166. The van der Waals surface area contributed by atoms with E-state index in [1.54, 1.807) is 6.20 Å². The highest BCUT2D eigenvalue weighted by Gasteiger charge is 2.26. The molecule has 0 saturated carbocycles. The van der Waals surface area contributed by atoms with Crippen LogP contribution in [0.4, 0.5) is 0 Å². The number of carbonyl (C=O) groups is 2. The number of hydrogen-bond donors (Lipinski definition) is 2. The molecule has 1 heterocycles. The zero-order valence-electron chi connectivity index (χ0n) is 12.2. The van der Waals surface area contributed by atoms with Crippen LogP contribution in [0.25, 0.3) is 0 Å². The Bertz CT molecular complexity index is 466. The van der Waals surface area contributed by atoms with Crippen LogP contribution in [0, 0.1) is 5.92 Å². The Hall–Kier alpha value is -1.14. The summed E-state index contributed by atoms with van der Waals surface area (Å²) in [6.07, 6.45) is 4.50. The van der Waals surface area contributed by atoms with E-state index in [0.717, 1.165) is 0 Å². The molecule has 1 N–H and O–H groups in total. The maximum absolute atomic E-state index is 12.1. The summed E-state index contributed by atoms with van der Waals surface area (Å²) in [5.74, 6) is -0.0162. The molecule has 0 bridgehead atoms. The molecule has 110 valence electrons. The quantitative estimate of drug-likeness (QED) is 0.587. The SMILES string of the molecule is CC(=O)C[C@@H](CS)C(=O)NC[Si](C)(C)c1cccnc1. The molecule has 1 rings (SSSR count). The summed E-state index contributed by atoms with van der Waals surface area (Å²) in [7, 11) is -1.75. The van der Waals surface area contributed by atoms with Gasteiger partial charge in [0, 0.05) is 30.7 Å². The Morgan fingerprint density at radius 3 is 2.65 bits per heavy atom. The normalized spacial score (nSPS) is 12.8. The first-order valence-corrected chi connectivity index (χ1v) is 10.5. The second-order valence-corrected chi connectivity index (χ2v) is 10.7. The molecule has 1 atom stereocenters. The van der Waals surface area contributed by atoms with Crippen LogP contribution in [0.15, 0.2) is 24.5 Å². The number of rotatable bonds is 7. The van der Waals surface area contributed by atoms with Gasteiger partial charge in [-0.05, 0) is 18.2 Å². The number of nitrogens with zero attached hydrogens (tertiary/aromatic N) is 1. The Balaban J connectivity index is 2.61. The Labute approximate surface area is 126 Å². The lowest BCUT2D eigenvalue weighted by atomic mass is 10.0. The lowest BCUT2D eigenvalue weighted by Gasteiger charge is -2.24. The Morgan fingerprint density at radius 2 is 2.15 bits per heavy atom. The first-order valence-electron chi connectivity index (χ1n) is 6.65. The molecule has 4 nitrogen and oxygen atoms in total. The molecule has 0 aliphatic heterocycles. The lowest BCUT2D eigenvalue weighted by Crippen LogP contribution is -2.53. The molecule has 0 spiro atoms. The van der Waals surface area contributed by atoms with Crippen LogP contribution in [-0.4, -0.2) is 36.7 Å². The highest BCUT2D eigenvalue weighted by molar-refractivity contribution is 7.80. The van der Waals surface area contributed by atoms with Crippen molar-refractivity contribution in [1.29, 1.82) is 0 Å². The van der Waals surface area contributed by atoms with Gasteiger partial charge in [0.05, 0.1) is 5.92 Å². The maximum Gasteiger partial charge on any atom is 0.224 e. The standard InChI is InChI=1S/C14H22N2O2SSi/c1-11(17)7-12(9-19)14(18)16-10-20(2,3)13-5-4-6-15-8-13/h4-6,8,12,19H,7,9-10H2,1-3H3,(H,16,18)/t12-/m0/s1. The molecule has 0 aliphatic rings. The van der Waals surface area contributed by atoms with Gasteiger partial charge in [-0.25, -0.2) is 0 Å². The van der Waals surface area contributed by atoms with E-state index in [2.05, 4.69) is 42.1 Å². The number of ketones is 1. The van der Waals surface area contributed by atoms with Crippen LogP contribution in [0.2, 0.25) is 13.1 Å². The molecular weight excluding hydrogens is 288 g/mol. The predicted molar refractivity (Wildman–Crippen MR) is 87.0 cm³/mol. The van der Waals surface area contributed by atoms with E-state index in [-0.39, 0.29) is 24.0 Å². The van der Waals surface area contributed by atoms with Gasteiger partial charge in [0.25, 0.3) is 0 Å². The predicted octanol–water partition coefficient (Wildman–Crippen LogP) is 1.18. The monoisotopic (exact) mass is 310 g/mol. The first-order chi connectivity index (χ1) is 9.36. The number of amides is 1. The summed E-state index contributed by atoms with van der Waals surface area (Å²) in [6, 6.07) is 3.97. The topological polar surface area (TPSA) is 59.1 Å². The summed E-state index contributed by atoms with van der Waals surface area (Å²) < 4.78 is 0. The van der Waals surface area contributed by atoms with Gasteiger partial charge in [-0.1, -0.05) is 19.2 Å². The van der Waals surface area contributed by atoms with Crippen LogP contribution in [0.1, 0.15) is 13.3 Å². The van der Waals surface area contributed by atoms with Crippen molar-refractivity contribution in [1.82, 2.24) is 10.3 Å². The fraction of sp³-hybridized carbons (Fsp3) is 0.500. The zero-order chi connectivity index (χ0) is 15.2. The van der Waals surface area contributed by atoms with Crippen LogP contribution in [0.5, 0.6) is 0 Å². The number of pyridine rings is 1. The van der Waals surface area contributed by atoms with Crippen LogP contribution < -0.4 is 10.5 Å². The van der Waals surface area contributed by atoms with Crippen molar-refractivity contribution in [3.63, 3.8) is 0 Å². The first kappa shape index (κ1) is 16.9. The second-order valence-electron chi connectivity index (χ2n) is 5.63. The molecule has 20 heavy (non-hydrogen) atoms. The van der Waals surface area contributed by atoms with Crippen molar-refractivity contribution in [2.24, 2.45) is 5.92 Å². The van der Waals surface area contributed by atoms with Gasteiger partial charge in [0.15, 0.2) is 0 Å². The highest BCUT2D eigenvalue weighted by atomic mass is 32.1. The zero-order valence-corrected chi connectivity index (χ0v) is 14.1. The molecule has 0 unspecified atom stereocenters. The fourth-order valence-corrected chi connectivity index (χ4v) is 3.99. The third-order valence-corrected chi connectivity index (χ3v) is 6.63. The smallest absolute Gasteiger partial charge is 0.224 e. The second kappa shape index (κ2) is 7.59. The number of carbonyl (C=O) groups excluding carboxylic acids is 2. The maximum atomic E-state index is 12.1. The van der Waals surface area contributed by atoms with Crippen LogP contribution in [-0.2, 0) is 9.59 Å². The van der Waals surface area contributed by atoms with Crippen molar-refractivity contribution in [3.05, 3.63) is 24.5 Å². The molecule has 0 aliphatic carbocycles. The Kier molecular flexibility index (Phi) is 6.42. The van der Waals surface area contributed by atoms with E-state index in [0.29, 0.717) is 11.9 Å². The summed E-state index contributed by atoms with van der Waals surface area (Å²) in [4.78, 5) is 27.3. The van der Waals surface area contributed by atoms with Gasteiger partial charge in [0.2, 0.25) is 5.91 Å². The summed E-state index contributed by atoms with van der Waals surface area (Å²) in [5, 5.41) is 4.17. The highest BCUT2D eigenvalue weighted by Crippen LogP contribution is 2.07. The molecule has 1 aromatic rings. The largest absolute Gasteiger partial charge is 0.358 e. The minimum atomic E-state index is -1.75. The molecule has 6 heteroatoms. The fourth-order valence-electron chi connectivity index (χ4n) is 1.90. The third kappa shape index (κ3) is 5.09. The van der Waals surface area contributed by atoms with E-state index in [9.17, 15) is 9.59 Å². The van der Waals surface area contributed by atoms with E-state index in [1.807, 2.05) is 12.3 Å². The number of hydrogen-bond acceptors (Lipinski definition) is 4. The summed E-state index contributed by atoms with van der Waals surface area (Å²) in [5.41, 5.74) is 0. The summed E-state index contributed by atoms with van der Waals surface area (Å²) >= 11 is 4.15. The van der Waals surface area contributed by atoms with Crippen LogP contribution in [0.3, 0.4) is 0 Å². The van der Waals surface area contributed by atoms with Gasteiger partial charge < -0.3 is 10.1 Å². The minimum Gasteiger partial charge on any atom is -0.358 e. The van der Waals surface area contributed by atoms with Crippen molar-refractivity contribution >= 4 is 37.6 Å². The molecule has 1 amide bonds. The lowest BCUT2D eigenvalue weighted by molar-refractivity contribution is -0.127. The van der Waals surface area contributed by atoms with Gasteiger partial charge in [0.1, 0.15) is 13.9 Å². The molecular formula is C14H22N2O2SSi. The van der Waals surface area contributed by atoms with E-state index >= 15 is 0 Å². The molecule has 0 aromatic carbocycles. The number of Topliss-reactive ketones (excluding diaryl/α,β-unsaturated/α-hetero) is 1. The van der Waals surface area contributed by atoms with Crippen molar-refractivity contribution in [2.75, 3.05) is 11.9 Å². The molecule has 0 fully saturated rings. The van der Waals surface area contributed by atoms with Crippen LogP contribution >= 0.6 is 12.6 Å².